The Labute approximate surface area is 90.9 Å². The predicted molar refractivity (Wildman–Crippen MR) is 55.5 cm³/mol. The van der Waals surface area contributed by atoms with Gasteiger partial charge in [-0.25, -0.2) is 10.2 Å². The molecule has 16 heavy (non-hydrogen) atoms. The summed E-state index contributed by atoms with van der Waals surface area (Å²) in [7, 11) is 0. The topological polar surface area (TPSA) is 118 Å². The van der Waals surface area contributed by atoms with Gasteiger partial charge in [-0.2, -0.15) is 4.91 Å². The molecule has 0 aliphatic rings. The number of nitrogens with one attached hydrogen (secondary N) is 1. The minimum Gasteiger partial charge on any atom is -0.508 e. The minimum absolute atomic E-state index is 0.110. The van der Waals surface area contributed by atoms with Crippen LogP contribution in [0.5, 0.6) is 5.75 Å². The summed E-state index contributed by atoms with van der Waals surface area (Å²) in [5, 5.41) is 20.9. The molecule has 7 nitrogen and oxygen atoms in total. The number of carbonyl (C=O) groups is 1. The van der Waals surface area contributed by atoms with Crippen molar-refractivity contribution >= 4 is 5.97 Å². The lowest BCUT2D eigenvalue weighted by atomic mass is 10.1. The summed E-state index contributed by atoms with van der Waals surface area (Å²) in [5.74, 6) is -1.00. The quantitative estimate of drug-likeness (QED) is 0.300. The largest absolute Gasteiger partial charge is 0.508 e. The van der Waals surface area contributed by atoms with Crippen molar-refractivity contribution in [2.75, 3.05) is 0 Å². The number of phenolic OH excluding ortho intramolecular Hbond substituents is 1. The van der Waals surface area contributed by atoms with Crippen molar-refractivity contribution in [3.63, 3.8) is 0 Å². The van der Waals surface area contributed by atoms with Crippen LogP contribution in [0.15, 0.2) is 29.5 Å². The second-order valence-electron chi connectivity index (χ2n) is 3.08. The van der Waals surface area contributed by atoms with Crippen molar-refractivity contribution < 1.29 is 15.0 Å². The Morgan fingerprint density at radius 3 is 2.62 bits per heavy atom. The highest BCUT2D eigenvalue weighted by atomic mass is 16.4. The van der Waals surface area contributed by atoms with E-state index in [9.17, 15) is 4.79 Å². The molecule has 0 radical (unpaired) electrons. The maximum atomic E-state index is 10.8. The van der Waals surface area contributed by atoms with Gasteiger partial charge in [0.1, 0.15) is 5.75 Å². The molecule has 1 aromatic carbocycles. The summed E-state index contributed by atoms with van der Waals surface area (Å²) < 4.78 is 0. The Balaban J connectivity index is 2.71. The maximum absolute atomic E-state index is 10.8. The van der Waals surface area contributed by atoms with Crippen LogP contribution >= 0.6 is 0 Å². The summed E-state index contributed by atoms with van der Waals surface area (Å²) in [6.07, 6.45) is 0.161. The molecule has 0 bridgehead atoms. The molecule has 0 amide bonds. The van der Waals surface area contributed by atoms with Gasteiger partial charge in [-0.3, -0.25) is 0 Å². The maximum Gasteiger partial charge on any atom is 0.349 e. The molecule has 0 fully saturated rings. The molecule has 1 aromatic rings. The standard InChI is InChI=1S/C9H10N4O3/c10-12-13-11-8(9(15)16)5-6-1-3-7(14)4-2-6/h1-4,8,11,14H,5H2,(H,15,16). The first-order chi connectivity index (χ1) is 7.63. The number of nitrogens with zero attached hydrogens (tertiary/aromatic N) is 3. The number of aliphatic carboxylic acids is 1. The van der Waals surface area contributed by atoms with Crippen LogP contribution in [0.1, 0.15) is 5.56 Å². The van der Waals surface area contributed by atoms with E-state index in [1.165, 1.54) is 12.1 Å². The van der Waals surface area contributed by atoms with Gasteiger partial charge in [-0.15, -0.1) is 5.53 Å². The van der Waals surface area contributed by atoms with Crippen LogP contribution in [0, 0.1) is 0 Å². The first-order valence-electron chi connectivity index (χ1n) is 4.44. The van der Waals surface area contributed by atoms with E-state index in [4.69, 9.17) is 15.7 Å². The fourth-order valence-electron chi connectivity index (χ4n) is 1.15. The number of hydrogen-bond donors (Lipinski definition) is 3. The number of rotatable bonds is 5. The lowest BCUT2D eigenvalue weighted by Crippen LogP contribution is -2.34. The average molecular weight is 222 g/mol. The zero-order valence-electron chi connectivity index (χ0n) is 8.24. The van der Waals surface area contributed by atoms with E-state index in [-0.39, 0.29) is 12.2 Å². The van der Waals surface area contributed by atoms with Crippen molar-refractivity contribution in [3.05, 3.63) is 40.3 Å². The van der Waals surface area contributed by atoms with Crippen LogP contribution in [0.4, 0.5) is 0 Å². The Morgan fingerprint density at radius 2 is 2.12 bits per heavy atom. The molecule has 7 heteroatoms. The van der Waals surface area contributed by atoms with Gasteiger partial charge in [0.25, 0.3) is 0 Å². The van der Waals surface area contributed by atoms with E-state index in [1.54, 1.807) is 12.1 Å². The van der Waals surface area contributed by atoms with E-state index in [0.29, 0.717) is 5.56 Å². The van der Waals surface area contributed by atoms with Crippen molar-refractivity contribution in [2.45, 2.75) is 12.5 Å². The zero-order valence-corrected chi connectivity index (χ0v) is 8.24. The van der Waals surface area contributed by atoms with Gasteiger partial charge in [0.15, 0.2) is 6.04 Å². The fraction of sp³-hybridized carbons (Fsp3) is 0.222. The van der Waals surface area contributed by atoms with Gasteiger partial charge >= 0.3 is 5.97 Å². The van der Waals surface area contributed by atoms with Gasteiger partial charge in [0, 0.05) is 6.42 Å². The highest BCUT2D eigenvalue weighted by molar-refractivity contribution is 5.73. The number of aromatic hydroxyl groups is 1. The second-order valence-corrected chi connectivity index (χ2v) is 3.08. The number of carboxylic acid groups (broad SMARTS) is 1. The molecule has 0 spiro atoms. The van der Waals surface area contributed by atoms with E-state index in [2.05, 4.69) is 15.6 Å². The molecule has 0 aliphatic heterocycles. The predicted octanol–water partition coefficient (Wildman–Crippen LogP) is 1.20. The normalized spacial score (nSPS) is 11.2. The number of azide groups is 1. The van der Waals surface area contributed by atoms with Crippen molar-refractivity contribution in [3.8, 4) is 5.75 Å². The molecule has 0 aliphatic carbocycles. The van der Waals surface area contributed by atoms with Crippen LogP contribution < -0.4 is 5.43 Å². The zero-order chi connectivity index (χ0) is 12.0. The Bertz CT molecular complexity index is 411. The first kappa shape index (κ1) is 11.7. The van der Waals surface area contributed by atoms with E-state index >= 15 is 0 Å². The summed E-state index contributed by atoms with van der Waals surface area (Å²) >= 11 is 0. The highest BCUT2D eigenvalue weighted by Crippen LogP contribution is 2.11. The Morgan fingerprint density at radius 1 is 1.50 bits per heavy atom. The van der Waals surface area contributed by atoms with Crippen molar-refractivity contribution in [1.29, 1.82) is 0 Å². The van der Waals surface area contributed by atoms with E-state index < -0.39 is 12.0 Å². The molecule has 1 rings (SSSR count). The SMILES string of the molecule is [N-]=[N+]=NNC(Cc1ccc(O)cc1)C(=O)O. The van der Waals surface area contributed by atoms with Gasteiger partial charge in [0.05, 0.1) is 0 Å². The molecule has 0 saturated heterocycles. The number of carboxylic acids is 1. The van der Waals surface area contributed by atoms with Crippen LogP contribution in [0.3, 0.4) is 0 Å². The molecular formula is C9H10N4O3. The summed E-state index contributed by atoms with van der Waals surface area (Å²) in [6, 6.07) is 5.14. The molecular weight excluding hydrogens is 212 g/mol. The summed E-state index contributed by atoms with van der Waals surface area (Å²) in [6.45, 7) is 0. The molecule has 3 N–H and O–H groups in total. The lowest BCUT2D eigenvalue weighted by molar-refractivity contribution is -0.139. The third kappa shape index (κ3) is 3.39. The van der Waals surface area contributed by atoms with Crippen LogP contribution in [0.2, 0.25) is 0 Å². The first-order valence-corrected chi connectivity index (χ1v) is 4.44. The van der Waals surface area contributed by atoms with Gasteiger partial charge < -0.3 is 10.2 Å². The average Bonchev–Trinajstić information content (AvgIpc) is 2.26. The van der Waals surface area contributed by atoms with Crippen LogP contribution in [0.25, 0.3) is 10.4 Å². The van der Waals surface area contributed by atoms with Crippen LogP contribution in [-0.2, 0) is 11.2 Å². The third-order valence-electron chi connectivity index (χ3n) is 1.93. The van der Waals surface area contributed by atoms with E-state index in [0.717, 1.165) is 0 Å². The monoisotopic (exact) mass is 222 g/mol. The summed E-state index contributed by atoms with van der Waals surface area (Å²) in [4.78, 5) is 13.2. The molecule has 1 atom stereocenters. The van der Waals surface area contributed by atoms with Crippen molar-refractivity contribution in [1.82, 2.24) is 5.43 Å². The summed E-state index contributed by atoms with van der Waals surface area (Å²) in [5.41, 5.74) is 11.0. The minimum atomic E-state index is -1.11. The van der Waals surface area contributed by atoms with E-state index in [1.807, 2.05) is 0 Å². The van der Waals surface area contributed by atoms with Gasteiger partial charge in [-0.1, -0.05) is 12.1 Å². The molecule has 0 heterocycles. The molecule has 0 aromatic heterocycles. The Kier molecular flexibility index (Phi) is 3.99. The Hall–Kier alpha value is -2.40. The van der Waals surface area contributed by atoms with Gasteiger partial charge in [-0.05, 0) is 22.9 Å². The van der Waals surface area contributed by atoms with Crippen molar-refractivity contribution in [2.24, 2.45) is 5.22 Å². The third-order valence-corrected chi connectivity index (χ3v) is 1.93. The van der Waals surface area contributed by atoms with Gasteiger partial charge in [0.2, 0.25) is 0 Å². The fourth-order valence-corrected chi connectivity index (χ4v) is 1.15. The molecule has 84 valence electrons. The lowest BCUT2D eigenvalue weighted by Gasteiger charge is -2.08. The number of benzene rings is 1. The highest BCUT2D eigenvalue weighted by Gasteiger charge is 2.19. The number of hydrogen-bond acceptors (Lipinski definition) is 3. The molecule has 1 unspecified atom stereocenters. The smallest absolute Gasteiger partial charge is 0.349 e. The number of phenols is 1. The second kappa shape index (κ2) is 5.47. The van der Waals surface area contributed by atoms with Crippen LogP contribution in [-0.4, -0.2) is 22.2 Å². The molecule has 0 saturated carbocycles.